The number of rotatable bonds is 5. The maximum Gasteiger partial charge on any atom is 0.573 e. The summed E-state index contributed by atoms with van der Waals surface area (Å²) < 4.78 is 40.5. The number of carboxylic acid groups (broad SMARTS) is 1. The lowest BCUT2D eigenvalue weighted by molar-refractivity contribution is -0.274. The van der Waals surface area contributed by atoms with Gasteiger partial charge in [-0.15, -0.1) is 13.2 Å². The van der Waals surface area contributed by atoms with E-state index in [9.17, 15) is 18.0 Å². The molecule has 1 rings (SSSR count). The van der Waals surface area contributed by atoms with Crippen LogP contribution in [0.4, 0.5) is 13.2 Å². The van der Waals surface area contributed by atoms with E-state index in [-0.39, 0.29) is 24.2 Å². The number of hydrogen-bond donors (Lipinski definition) is 1. The molecule has 0 aliphatic carbocycles. The van der Waals surface area contributed by atoms with Gasteiger partial charge in [0.1, 0.15) is 5.75 Å². The van der Waals surface area contributed by atoms with E-state index in [0.717, 1.165) is 12.1 Å². The van der Waals surface area contributed by atoms with Gasteiger partial charge in [-0.2, -0.15) is 5.26 Å². The van der Waals surface area contributed by atoms with Gasteiger partial charge in [0.05, 0.1) is 6.07 Å². The summed E-state index contributed by atoms with van der Waals surface area (Å²) in [6.07, 6.45) is -2.60. The number of nitriles is 1. The number of ether oxygens (including phenoxy) is 1. The number of carbonyl (C=O) groups is 1. The molecule has 0 fully saturated rings. The van der Waals surface area contributed by atoms with Crippen molar-refractivity contribution in [2.45, 2.75) is 19.2 Å². The van der Waals surface area contributed by atoms with Crippen molar-refractivity contribution in [1.29, 1.82) is 5.26 Å². The van der Waals surface area contributed by atoms with Crippen LogP contribution < -0.4 is 4.74 Å². The Balaban J connectivity index is 3.06. The van der Waals surface area contributed by atoms with E-state index in [1.165, 1.54) is 18.2 Å². The van der Waals surface area contributed by atoms with Gasteiger partial charge in [-0.1, -0.05) is 6.07 Å². The predicted molar refractivity (Wildman–Crippen MR) is 63.7 cm³/mol. The molecule has 0 saturated heterocycles. The van der Waals surface area contributed by atoms with Crippen LogP contribution in [-0.4, -0.2) is 17.4 Å². The standard InChI is InChI=1S/C13H10F3NO3/c14-13(15,16)20-11-5-3-9(4-6-12(18)19)8-10(11)2-1-7-17/h3-6,8H,1-2H2,(H,18,19)/b6-4+. The molecule has 0 saturated carbocycles. The van der Waals surface area contributed by atoms with E-state index in [4.69, 9.17) is 10.4 Å². The van der Waals surface area contributed by atoms with Crippen molar-refractivity contribution in [3.63, 3.8) is 0 Å². The highest BCUT2D eigenvalue weighted by Crippen LogP contribution is 2.28. The van der Waals surface area contributed by atoms with Crippen LogP contribution in [0.3, 0.4) is 0 Å². The molecule has 106 valence electrons. The maximum absolute atomic E-state index is 12.2. The number of aliphatic carboxylic acids is 1. The minimum Gasteiger partial charge on any atom is -0.478 e. The maximum atomic E-state index is 12.2. The van der Waals surface area contributed by atoms with E-state index in [1.807, 2.05) is 6.07 Å². The molecule has 0 aliphatic heterocycles. The number of halogens is 3. The average molecular weight is 285 g/mol. The third kappa shape index (κ3) is 5.44. The molecule has 0 heterocycles. The molecule has 0 unspecified atom stereocenters. The van der Waals surface area contributed by atoms with Gasteiger partial charge >= 0.3 is 12.3 Å². The fraction of sp³-hybridized carbons (Fsp3) is 0.231. The fourth-order valence-corrected chi connectivity index (χ4v) is 1.48. The molecule has 0 aromatic heterocycles. The number of carboxylic acids is 1. The minimum atomic E-state index is -4.82. The van der Waals surface area contributed by atoms with E-state index in [2.05, 4.69) is 4.74 Å². The first-order chi connectivity index (χ1) is 9.31. The Labute approximate surface area is 112 Å². The molecule has 1 aromatic carbocycles. The summed E-state index contributed by atoms with van der Waals surface area (Å²) in [6, 6.07) is 5.59. The third-order valence-electron chi connectivity index (χ3n) is 2.23. The van der Waals surface area contributed by atoms with Crippen molar-refractivity contribution in [3.05, 3.63) is 35.4 Å². The Kier molecular flexibility index (Phi) is 5.15. The zero-order chi connectivity index (χ0) is 15.2. The molecule has 0 aliphatic rings. The highest BCUT2D eigenvalue weighted by atomic mass is 19.4. The second-order valence-corrected chi connectivity index (χ2v) is 3.74. The van der Waals surface area contributed by atoms with Crippen molar-refractivity contribution < 1.29 is 27.8 Å². The van der Waals surface area contributed by atoms with Crippen LogP contribution in [0.2, 0.25) is 0 Å². The van der Waals surface area contributed by atoms with Crippen LogP contribution >= 0.6 is 0 Å². The fourth-order valence-electron chi connectivity index (χ4n) is 1.48. The van der Waals surface area contributed by atoms with Gasteiger partial charge < -0.3 is 9.84 Å². The zero-order valence-electron chi connectivity index (χ0n) is 10.1. The van der Waals surface area contributed by atoms with E-state index in [0.29, 0.717) is 5.56 Å². The van der Waals surface area contributed by atoms with Crippen LogP contribution in [0, 0.1) is 11.3 Å². The number of hydrogen-bond acceptors (Lipinski definition) is 3. The van der Waals surface area contributed by atoms with Crippen LogP contribution in [0.1, 0.15) is 17.5 Å². The minimum absolute atomic E-state index is 0.0281. The highest BCUT2D eigenvalue weighted by Gasteiger charge is 2.32. The number of aryl methyl sites for hydroxylation is 1. The van der Waals surface area contributed by atoms with Crippen LogP contribution in [0.15, 0.2) is 24.3 Å². The van der Waals surface area contributed by atoms with Gasteiger partial charge in [0.2, 0.25) is 0 Å². The van der Waals surface area contributed by atoms with Crippen LogP contribution in [-0.2, 0) is 11.2 Å². The first kappa shape index (κ1) is 15.6. The molecular formula is C13H10F3NO3. The number of benzene rings is 1. The first-order valence-electron chi connectivity index (χ1n) is 5.48. The molecule has 4 nitrogen and oxygen atoms in total. The zero-order valence-corrected chi connectivity index (χ0v) is 10.1. The topological polar surface area (TPSA) is 70.3 Å². The summed E-state index contributed by atoms with van der Waals surface area (Å²) in [5.74, 6) is -1.56. The summed E-state index contributed by atoms with van der Waals surface area (Å²) in [4.78, 5) is 10.4. The van der Waals surface area contributed by atoms with Gasteiger partial charge in [0.15, 0.2) is 0 Å². The first-order valence-corrected chi connectivity index (χ1v) is 5.48. The van der Waals surface area contributed by atoms with E-state index in [1.54, 1.807) is 0 Å². The molecule has 0 amide bonds. The quantitative estimate of drug-likeness (QED) is 0.844. The van der Waals surface area contributed by atoms with Crippen LogP contribution in [0.25, 0.3) is 6.08 Å². The molecule has 0 bridgehead atoms. The van der Waals surface area contributed by atoms with Crippen molar-refractivity contribution in [3.8, 4) is 11.8 Å². The van der Waals surface area contributed by atoms with Crippen molar-refractivity contribution in [2.75, 3.05) is 0 Å². The Hall–Kier alpha value is -2.49. The summed E-state index contributed by atoms with van der Waals surface area (Å²) >= 11 is 0. The lowest BCUT2D eigenvalue weighted by Gasteiger charge is -2.13. The van der Waals surface area contributed by atoms with Crippen molar-refractivity contribution in [2.24, 2.45) is 0 Å². The molecular weight excluding hydrogens is 275 g/mol. The van der Waals surface area contributed by atoms with Crippen LogP contribution in [0.5, 0.6) is 5.75 Å². The van der Waals surface area contributed by atoms with Gasteiger partial charge in [-0.3, -0.25) is 0 Å². The van der Waals surface area contributed by atoms with Gasteiger partial charge in [-0.25, -0.2) is 4.79 Å². The van der Waals surface area contributed by atoms with Crippen molar-refractivity contribution in [1.82, 2.24) is 0 Å². The lowest BCUT2D eigenvalue weighted by atomic mass is 10.0. The van der Waals surface area contributed by atoms with Gasteiger partial charge in [-0.05, 0) is 35.8 Å². The molecule has 1 N–H and O–H groups in total. The number of alkyl halides is 3. The predicted octanol–water partition coefficient (Wildman–Crippen LogP) is 3.14. The summed E-state index contributed by atoms with van der Waals surface area (Å²) in [5.41, 5.74) is 0.603. The summed E-state index contributed by atoms with van der Waals surface area (Å²) in [5, 5.41) is 17.0. The molecule has 20 heavy (non-hydrogen) atoms. The summed E-state index contributed by atoms with van der Waals surface area (Å²) in [6.45, 7) is 0. The number of nitrogens with zero attached hydrogens (tertiary/aromatic N) is 1. The summed E-state index contributed by atoms with van der Waals surface area (Å²) in [7, 11) is 0. The SMILES string of the molecule is N#CCCc1cc(/C=C/C(=O)O)ccc1OC(F)(F)F. The second-order valence-electron chi connectivity index (χ2n) is 3.74. The van der Waals surface area contributed by atoms with E-state index < -0.39 is 12.3 Å². The molecule has 0 radical (unpaired) electrons. The molecule has 1 aromatic rings. The lowest BCUT2D eigenvalue weighted by Crippen LogP contribution is -2.18. The van der Waals surface area contributed by atoms with Gasteiger partial charge in [0.25, 0.3) is 0 Å². The molecule has 7 heteroatoms. The monoisotopic (exact) mass is 285 g/mol. The molecule has 0 atom stereocenters. The van der Waals surface area contributed by atoms with Gasteiger partial charge in [0, 0.05) is 12.5 Å². The average Bonchev–Trinajstić information content (AvgIpc) is 2.34. The second kappa shape index (κ2) is 6.61. The molecule has 0 spiro atoms. The highest BCUT2D eigenvalue weighted by molar-refractivity contribution is 5.85. The largest absolute Gasteiger partial charge is 0.573 e. The van der Waals surface area contributed by atoms with Crippen molar-refractivity contribution >= 4 is 12.0 Å². The third-order valence-corrected chi connectivity index (χ3v) is 2.23. The smallest absolute Gasteiger partial charge is 0.478 e. The Morgan fingerprint density at radius 2 is 2.15 bits per heavy atom. The Morgan fingerprint density at radius 1 is 1.45 bits per heavy atom. The normalized spacial score (nSPS) is 11.3. The van der Waals surface area contributed by atoms with E-state index >= 15 is 0 Å². The Morgan fingerprint density at radius 3 is 2.70 bits per heavy atom. The Bertz CT molecular complexity index is 559.